The molecule has 1 fully saturated rings. The zero-order valence-electron chi connectivity index (χ0n) is 16.4. The molecule has 0 atom stereocenters. The van der Waals surface area contributed by atoms with E-state index in [1.165, 1.54) is 17.4 Å². The molecule has 1 amide bonds. The Labute approximate surface area is 173 Å². The summed E-state index contributed by atoms with van der Waals surface area (Å²) in [6, 6.07) is 12.4. The molecule has 0 unspecified atom stereocenters. The van der Waals surface area contributed by atoms with Crippen molar-refractivity contribution < 1.29 is 13.9 Å². The molecule has 0 saturated carbocycles. The van der Waals surface area contributed by atoms with Crippen LogP contribution in [-0.2, 0) is 4.74 Å². The van der Waals surface area contributed by atoms with Gasteiger partial charge in [0.25, 0.3) is 5.91 Å². The van der Waals surface area contributed by atoms with Gasteiger partial charge < -0.3 is 4.74 Å². The largest absolute Gasteiger partial charge is 0.379 e. The second-order valence-electron chi connectivity index (χ2n) is 7.21. The smallest absolute Gasteiger partial charge is 0.260 e. The number of aryl methyl sites for hydroxylation is 1. The fourth-order valence-corrected chi connectivity index (χ4v) is 4.44. The van der Waals surface area contributed by atoms with Crippen LogP contribution in [0.15, 0.2) is 42.5 Å². The summed E-state index contributed by atoms with van der Waals surface area (Å²) in [5.41, 5.74) is 2.03. The van der Waals surface area contributed by atoms with Gasteiger partial charge in [0.05, 0.1) is 17.9 Å². The molecule has 0 N–H and O–H groups in total. The number of carbonyl (C=O) groups is 1. The van der Waals surface area contributed by atoms with Gasteiger partial charge in [0.1, 0.15) is 11.3 Å². The first-order chi connectivity index (χ1) is 14.1. The molecule has 0 radical (unpaired) electrons. The summed E-state index contributed by atoms with van der Waals surface area (Å²) in [4.78, 5) is 21.8. The number of para-hydroxylation sites is 1. The van der Waals surface area contributed by atoms with Crippen molar-refractivity contribution >= 4 is 32.6 Å². The topological polar surface area (TPSA) is 45.7 Å². The highest BCUT2D eigenvalue weighted by Gasteiger charge is 2.22. The number of fused-ring (bicyclic) bond motifs is 1. The van der Waals surface area contributed by atoms with Crippen molar-refractivity contribution in [1.29, 1.82) is 0 Å². The van der Waals surface area contributed by atoms with Crippen molar-refractivity contribution in [3.05, 3.63) is 59.4 Å². The molecule has 4 rings (SSSR count). The number of ether oxygens (including phenoxy) is 1. The van der Waals surface area contributed by atoms with E-state index in [4.69, 9.17) is 4.74 Å². The van der Waals surface area contributed by atoms with Gasteiger partial charge in [-0.15, -0.1) is 0 Å². The number of amides is 1. The average Bonchev–Trinajstić information content (AvgIpc) is 3.17. The molecule has 29 heavy (non-hydrogen) atoms. The first-order valence-electron chi connectivity index (χ1n) is 9.85. The van der Waals surface area contributed by atoms with E-state index in [-0.39, 0.29) is 11.7 Å². The Balaban J connectivity index is 1.57. The van der Waals surface area contributed by atoms with Crippen LogP contribution >= 0.6 is 11.3 Å². The van der Waals surface area contributed by atoms with Gasteiger partial charge in [-0.3, -0.25) is 14.6 Å². The van der Waals surface area contributed by atoms with E-state index in [0.717, 1.165) is 49.5 Å². The first-order valence-corrected chi connectivity index (χ1v) is 10.7. The Bertz CT molecular complexity index is 983. The third kappa shape index (κ3) is 4.63. The SMILES string of the molecule is Cc1ccc(C(=O)N(CCCN2CCOCC2)c2nc3c(F)cccc3s2)cc1. The predicted molar refractivity (Wildman–Crippen MR) is 114 cm³/mol. The highest BCUT2D eigenvalue weighted by molar-refractivity contribution is 7.22. The van der Waals surface area contributed by atoms with Gasteiger partial charge in [-0.1, -0.05) is 35.1 Å². The fourth-order valence-electron chi connectivity index (χ4n) is 3.43. The molecule has 7 heteroatoms. The van der Waals surface area contributed by atoms with Gasteiger partial charge in [-0.05, 0) is 37.6 Å². The normalized spacial score (nSPS) is 15.0. The number of halogens is 1. The summed E-state index contributed by atoms with van der Waals surface area (Å²) < 4.78 is 20.3. The number of hydrogen-bond donors (Lipinski definition) is 0. The lowest BCUT2D eigenvalue weighted by molar-refractivity contribution is 0.0376. The van der Waals surface area contributed by atoms with Crippen molar-refractivity contribution in [1.82, 2.24) is 9.88 Å². The molecule has 1 aliphatic rings. The summed E-state index contributed by atoms with van der Waals surface area (Å²) in [5, 5.41) is 0.539. The maximum absolute atomic E-state index is 14.1. The Morgan fingerprint density at radius 1 is 1.21 bits per heavy atom. The van der Waals surface area contributed by atoms with E-state index in [0.29, 0.717) is 22.8 Å². The van der Waals surface area contributed by atoms with Gasteiger partial charge in [-0.2, -0.15) is 0 Å². The quantitative estimate of drug-likeness (QED) is 0.610. The van der Waals surface area contributed by atoms with Crippen LogP contribution in [0.5, 0.6) is 0 Å². The molecule has 1 aliphatic heterocycles. The van der Waals surface area contributed by atoms with Crippen molar-refractivity contribution in [2.75, 3.05) is 44.3 Å². The average molecular weight is 414 g/mol. The summed E-state index contributed by atoms with van der Waals surface area (Å²) in [5.74, 6) is -0.465. The van der Waals surface area contributed by atoms with Crippen molar-refractivity contribution in [3.8, 4) is 0 Å². The van der Waals surface area contributed by atoms with Crippen LogP contribution in [0.4, 0.5) is 9.52 Å². The molecule has 1 saturated heterocycles. The van der Waals surface area contributed by atoms with Gasteiger partial charge in [0, 0.05) is 31.7 Å². The third-order valence-corrected chi connectivity index (χ3v) is 6.14. The second-order valence-corrected chi connectivity index (χ2v) is 8.22. The summed E-state index contributed by atoms with van der Waals surface area (Å²) in [6.45, 7) is 6.75. The number of carbonyl (C=O) groups excluding carboxylic acids is 1. The Hall–Kier alpha value is -2.35. The van der Waals surface area contributed by atoms with Crippen LogP contribution in [0.2, 0.25) is 0 Å². The molecule has 0 spiro atoms. The van der Waals surface area contributed by atoms with E-state index < -0.39 is 0 Å². The Morgan fingerprint density at radius 2 is 1.97 bits per heavy atom. The number of rotatable bonds is 6. The second kappa shape index (κ2) is 8.98. The van der Waals surface area contributed by atoms with Crippen LogP contribution in [0.1, 0.15) is 22.3 Å². The third-order valence-electron chi connectivity index (χ3n) is 5.09. The number of benzene rings is 2. The molecule has 2 aromatic carbocycles. The Morgan fingerprint density at radius 3 is 2.69 bits per heavy atom. The van der Waals surface area contributed by atoms with Crippen LogP contribution in [0, 0.1) is 12.7 Å². The lowest BCUT2D eigenvalue weighted by atomic mass is 10.1. The minimum Gasteiger partial charge on any atom is -0.379 e. The van der Waals surface area contributed by atoms with Crippen LogP contribution in [0.3, 0.4) is 0 Å². The number of morpholine rings is 1. The lowest BCUT2D eigenvalue weighted by Crippen LogP contribution is -2.39. The van der Waals surface area contributed by atoms with Gasteiger partial charge in [-0.25, -0.2) is 9.37 Å². The summed E-state index contributed by atoms with van der Waals surface area (Å²) in [7, 11) is 0. The number of aromatic nitrogens is 1. The lowest BCUT2D eigenvalue weighted by Gasteiger charge is -2.27. The minimum atomic E-state index is -0.360. The van der Waals surface area contributed by atoms with Crippen LogP contribution in [-0.4, -0.2) is 55.2 Å². The van der Waals surface area contributed by atoms with E-state index in [2.05, 4.69) is 9.88 Å². The first kappa shape index (κ1) is 19.9. The highest BCUT2D eigenvalue weighted by Crippen LogP contribution is 2.31. The molecular weight excluding hydrogens is 389 g/mol. The van der Waals surface area contributed by atoms with Gasteiger partial charge in [0.2, 0.25) is 0 Å². The van der Waals surface area contributed by atoms with E-state index in [9.17, 15) is 9.18 Å². The number of anilines is 1. The van der Waals surface area contributed by atoms with Crippen molar-refractivity contribution in [2.45, 2.75) is 13.3 Å². The minimum absolute atomic E-state index is 0.105. The van der Waals surface area contributed by atoms with Crippen LogP contribution in [0.25, 0.3) is 10.2 Å². The maximum atomic E-state index is 14.1. The molecule has 1 aromatic heterocycles. The monoisotopic (exact) mass is 413 g/mol. The molecular formula is C22H24FN3O2S. The van der Waals surface area contributed by atoms with Crippen molar-refractivity contribution in [3.63, 3.8) is 0 Å². The number of nitrogens with zero attached hydrogens (tertiary/aromatic N) is 3. The van der Waals surface area contributed by atoms with E-state index in [1.54, 1.807) is 11.0 Å². The molecule has 2 heterocycles. The van der Waals surface area contributed by atoms with E-state index in [1.807, 2.05) is 37.3 Å². The zero-order chi connectivity index (χ0) is 20.2. The number of thiazole rings is 1. The fraction of sp³-hybridized carbons (Fsp3) is 0.364. The predicted octanol–water partition coefficient (Wildman–Crippen LogP) is 4.11. The highest BCUT2D eigenvalue weighted by atomic mass is 32.1. The summed E-state index contributed by atoms with van der Waals surface area (Å²) in [6.07, 6.45) is 0.815. The van der Waals surface area contributed by atoms with Crippen molar-refractivity contribution in [2.24, 2.45) is 0 Å². The van der Waals surface area contributed by atoms with Gasteiger partial charge in [0.15, 0.2) is 5.13 Å². The number of hydrogen-bond acceptors (Lipinski definition) is 5. The summed E-state index contributed by atoms with van der Waals surface area (Å²) >= 11 is 1.35. The van der Waals surface area contributed by atoms with Crippen LogP contribution < -0.4 is 4.90 Å². The van der Waals surface area contributed by atoms with Gasteiger partial charge >= 0.3 is 0 Å². The molecule has 0 bridgehead atoms. The standard InChI is InChI=1S/C22H24FN3O2S/c1-16-6-8-17(9-7-16)21(27)26(11-3-10-25-12-14-28-15-13-25)22-24-20-18(23)4-2-5-19(20)29-22/h2,4-9H,3,10-15H2,1H3. The molecule has 5 nitrogen and oxygen atoms in total. The molecule has 0 aliphatic carbocycles. The molecule has 152 valence electrons. The Kier molecular flexibility index (Phi) is 6.18. The van der Waals surface area contributed by atoms with E-state index >= 15 is 0 Å². The molecule has 3 aromatic rings. The maximum Gasteiger partial charge on any atom is 0.260 e. The zero-order valence-corrected chi connectivity index (χ0v) is 17.3.